The number of aromatic amines is 1. The van der Waals surface area contributed by atoms with Crippen LogP contribution in [-0.2, 0) is 11.2 Å². The summed E-state index contributed by atoms with van der Waals surface area (Å²) in [5.41, 5.74) is 11.0. The summed E-state index contributed by atoms with van der Waals surface area (Å²) in [6, 6.07) is 0. The molecule has 11 nitrogen and oxygen atoms in total. The molecule has 132 valence electrons. The molecule has 2 aromatic heterocycles. The highest BCUT2D eigenvalue weighted by atomic mass is 16.5. The molecule has 3 rings (SSSR count). The number of ether oxygens (including phenoxy) is 1. The summed E-state index contributed by atoms with van der Waals surface area (Å²) in [6.07, 6.45) is 3.59. The molecule has 3 heterocycles. The first-order valence-corrected chi connectivity index (χ1v) is 7.37. The van der Waals surface area contributed by atoms with Crippen LogP contribution in [0.2, 0.25) is 0 Å². The molecule has 1 saturated heterocycles. The molecule has 0 saturated carbocycles. The van der Waals surface area contributed by atoms with E-state index < -0.39 is 24.1 Å². The van der Waals surface area contributed by atoms with Crippen molar-refractivity contribution in [3.05, 3.63) is 35.0 Å². The maximum Gasteiger partial charge on any atom is 0.354 e. The number of aliphatic hydroxyl groups excluding tert-OH is 2. The van der Waals surface area contributed by atoms with Crippen molar-refractivity contribution >= 4 is 5.95 Å². The normalized spacial score (nSPS) is 22.9. The fourth-order valence-corrected chi connectivity index (χ4v) is 2.18. The highest BCUT2D eigenvalue weighted by Crippen LogP contribution is 2.26. The van der Waals surface area contributed by atoms with Crippen LogP contribution in [0.15, 0.2) is 23.6 Å². The quantitative estimate of drug-likeness (QED) is 0.412. The Bertz CT molecular complexity index is 675. The van der Waals surface area contributed by atoms with Gasteiger partial charge in [0.25, 0.3) is 0 Å². The molecule has 3 atom stereocenters. The first-order valence-electron chi connectivity index (χ1n) is 7.37. The average molecular weight is 339 g/mol. The smallest absolute Gasteiger partial charge is 0.354 e. The molecule has 2 aromatic rings. The highest BCUT2D eigenvalue weighted by molar-refractivity contribution is 5.09. The molecule has 0 amide bonds. The summed E-state index contributed by atoms with van der Waals surface area (Å²) in [7, 11) is 0. The summed E-state index contributed by atoms with van der Waals surface area (Å²) in [5.74, 6) is -0.112. The van der Waals surface area contributed by atoms with Gasteiger partial charge in [0.1, 0.15) is 18.7 Å². The fraction of sp³-hybridized carbons (Fsp3) is 0.538. The van der Waals surface area contributed by atoms with Crippen molar-refractivity contribution in [2.45, 2.75) is 31.3 Å². The number of nitrogens with two attached hydrogens (primary N) is 2. The van der Waals surface area contributed by atoms with E-state index in [0.717, 1.165) is 16.7 Å². The number of imidazole rings is 1. The van der Waals surface area contributed by atoms with Crippen molar-refractivity contribution in [3.63, 3.8) is 0 Å². The number of aliphatic hydroxyl groups is 2. The van der Waals surface area contributed by atoms with Gasteiger partial charge in [-0.05, 0) is 6.54 Å². The lowest BCUT2D eigenvalue weighted by atomic mass is 10.2. The van der Waals surface area contributed by atoms with Gasteiger partial charge in [0.2, 0.25) is 5.95 Å². The Hall–Kier alpha value is -2.34. The van der Waals surface area contributed by atoms with Gasteiger partial charge in [0.05, 0.1) is 19.0 Å². The lowest BCUT2D eigenvalue weighted by Gasteiger charge is -2.13. The van der Waals surface area contributed by atoms with Gasteiger partial charge < -0.3 is 31.4 Å². The minimum atomic E-state index is -0.806. The molecule has 0 spiro atoms. The van der Waals surface area contributed by atoms with Crippen LogP contribution in [0.1, 0.15) is 18.3 Å². The number of nitrogen functional groups attached to an aromatic ring is 1. The fourth-order valence-electron chi connectivity index (χ4n) is 2.18. The lowest BCUT2D eigenvalue weighted by molar-refractivity contribution is -0.0462. The Morgan fingerprint density at radius 1 is 1.50 bits per heavy atom. The van der Waals surface area contributed by atoms with E-state index in [2.05, 4.69) is 19.9 Å². The Balaban J connectivity index is 0.000000219. The van der Waals surface area contributed by atoms with Crippen LogP contribution in [0, 0.1) is 0 Å². The first kappa shape index (κ1) is 18.0. The lowest BCUT2D eigenvalue weighted by Crippen LogP contribution is -2.28. The van der Waals surface area contributed by atoms with Crippen molar-refractivity contribution in [3.8, 4) is 0 Å². The van der Waals surface area contributed by atoms with Crippen LogP contribution >= 0.6 is 0 Å². The van der Waals surface area contributed by atoms with Crippen molar-refractivity contribution in [2.24, 2.45) is 5.73 Å². The molecule has 0 aromatic carbocycles. The van der Waals surface area contributed by atoms with Gasteiger partial charge in [-0.3, -0.25) is 4.57 Å². The third-order valence-electron chi connectivity index (χ3n) is 3.41. The van der Waals surface area contributed by atoms with E-state index in [4.69, 9.17) is 21.3 Å². The SMILES string of the molecule is NCCc1cnc[nH]1.Nc1ncn([C@H]2C[C@H](O)[C@@H](CO)O2)c(=O)n1. The van der Waals surface area contributed by atoms with Gasteiger partial charge in [-0.1, -0.05) is 0 Å². The van der Waals surface area contributed by atoms with Crippen molar-refractivity contribution < 1.29 is 14.9 Å². The first-order chi connectivity index (χ1) is 11.5. The molecule has 1 fully saturated rings. The number of rotatable bonds is 4. The monoisotopic (exact) mass is 339 g/mol. The number of hydrogen-bond donors (Lipinski definition) is 5. The van der Waals surface area contributed by atoms with E-state index >= 15 is 0 Å². The minimum Gasteiger partial charge on any atom is -0.394 e. The van der Waals surface area contributed by atoms with Crippen LogP contribution in [0.4, 0.5) is 5.95 Å². The minimum absolute atomic E-state index is 0.112. The van der Waals surface area contributed by atoms with Gasteiger partial charge in [-0.2, -0.15) is 4.98 Å². The Labute approximate surface area is 137 Å². The molecule has 0 bridgehead atoms. The van der Waals surface area contributed by atoms with Gasteiger partial charge in [0, 0.05) is 24.7 Å². The Morgan fingerprint density at radius 2 is 2.29 bits per heavy atom. The third-order valence-corrected chi connectivity index (χ3v) is 3.41. The molecule has 0 unspecified atom stereocenters. The van der Waals surface area contributed by atoms with Crippen molar-refractivity contribution in [2.75, 3.05) is 18.9 Å². The highest BCUT2D eigenvalue weighted by Gasteiger charge is 2.35. The third kappa shape index (κ3) is 4.58. The summed E-state index contributed by atoms with van der Waals surface area (Å²) in [4.78, 5) is 25.3. The number of H-pyrrole nitrogens is 1. The number of hydrogen-bond acceptors (Lipinski definition) is 9. The van der Waals surface area contributed by atoms with Gasteiger partial charge >= 0.3 is 5.69 Å². The number of nitrogens with zero attached hydrogens (tertiary/aromatic N) is 4. The molecule has 0 aliphatic carbocycles. The van der Waals surface area contributed by atoms with E-state index in [1.54, 1.807) is 12.5 Å². The average Bonchev–Trinajstić information content (AvgIpc) is 3.18. The molecule has 7 N–H and O–H groups in total. The van der Waals surface area contributed by atoms with E-state index in [1.165, 1.54) is 6.33 Å². The van der Waals surface area contributed by atoms with Crippen LogP contribution in [-0.4, -0.2) is 60.1 Å². The molecule has 1 aliphatic rings. The summed E-state index contributed by atoms with van der Waals surface area (Å²) < 4.78 is 6.41. The van der Waals surface area contributed by atoms with Crippen molar-refractivity contribution in [1.29, 1.82) is 0 Å². The standard InChI is InChI=1S/C8H12N4O4.C5H9N3/c9-7-10-3-12(8(15)11-7)6-1-4(14)5(2-13)16-6;6-2-1-5-3-7-4-8-5/h3-6,13-14H,1-2H2,(H2,9,11,15);3-4H,1-2,6H2,(H,7,8)/t4-,5+,6+;/m0./s1. The molecule has 0 radical (unpaired) electrons. The molecule has 11 heteroatoms. The summed E-state index contributed by atoms with van der Waals surface area (Å²) in [6.45, 7) is 0.379. The summed E-state index contributed by atoms with van der Waals surface area (Å²) >= 11 is 0. The Morgan fingerprint density at radius 3 is 2.83 bits per heavy atom. The number of aromatic nitrogens is 5. The second kappa shape index (κ2) is 8.49. The van der Waals surface area contributed by atoms with Crippen LogP contribution in [0.3, 0.4) is 0 Å². The molecule has 24 heavy (non-hydrogen) atoms. The number of anilines is 1. The van der Waals surface area contributed by atoms with Gasteiger partial charge in [0.15, 0.2) is 0 Å². The topological polar surface area (TPSA) is 178 Å². The second-order valence-electron chi connectivity index (χ2n) is 5.13. The largest absolute Gasteiger partial charge is 0.394 e. The predicted octanol–water partition coefficient (Wildman–Crippen LogP) is -2.23. The zero-order valence-corrected chi connectivity index (χ0v) is 12.9. The molecular formula is C13H21N7O4. The van der Waals surface area contributed by atoms with Gasteiger partial charge in [-0.25, -0.2) is 14.8 Å². The second-order valence-corrected chi connectivity index (χ2v) is 5.13. The Kier molecular flexibility index (Phi) is 6.37. The van der Waals surface area contributed by atoms with Gasteiger partial charge in [-0.15, -0.1) is 0 Å². The molecular weight excluding hydrogens is 318 g/mol. The maximum absolute atomic E-state index is 11.4. The van der Waals surface area contributed by atoms with E-state index in [1.807, 2.05) is 0 Å². The molecule has 1 aliphatic heterocycles. The van der Waals surface area contributed by atoms with E-state index in [-0.39, 0.29) is 19.0 Å². The maximum atomic E-state index is 11.4. The summed E-state index contributed by atoms with van der Waals surface area (Å²) in [5, 5.41) is 18.4. The predicted molar refractivity (Wildman–Crippen MR) is 83.7 cm³/mol. The van der Waals surface area contributed by atoms with E-state index in [0.29, 0.717) is 6.54 Å². The number of nitrogens with one attached hydrogen (secondary N) is 1. The zero-order chi connectivity index (χ0) is 17.5. The van der Waals surface area contributed by atoms with Crippen LogP contribution in [0.5, 0.6) is 0 Å². The van der Waals surface area contributed by atoms with Crippen LogP contribution in [0.25, 0.3) is 0 Å². The zero-order valence-electron chi connectivity index (χ0n) is 12.9. The van der Waals surface area contributed by atoms with E-state index in [9.17, 15) is 9.90 Å². The van der Waals surface area contributed by atoms with Crippen molar-refractivity contribution in [1.82, 2.24) is 24.5 Å². The van der Waals surface area contributed by atoms with Crippen LogP contribution < -0.4 is 17.2 Å².